The van der Waals surface area contributed by atoms with Crippen molar-refractivity contribution >= 4 is 33.6 Å². The van der Waals surface area contributed by atoms with E-state index in [0.717, 1.165) is 5.56 Å². The van der Waals surface area contributed by atoms with Crippen LogP contribution < -0.4 is 5.32 Å². The molecule has 2 amide bonds. The summed E-state index contributed by atoms with van der Waals surface area (Å²) >= 11 is 3.08. The molecule has 0 aliphatic carbocycles. The Kier molecular flexibility index (Phi) is 4.51. The molecule has 0 aromatic heterocycles. The first-order chi connectivity index (χ1) is 9.79. The van der Waals surface area contributed by atoms with Crippen molar-refractivity contribution in [1.29, 1.82) is 0 Å². The van der Waals surface area contributed by atoms with E-state index in [2.05, 4.69) is 21.2 Å². The first-order valence-corrected chi connectivity index (χ1v) is 7.33. The number of hydrogen-bond donors (Lipinski definition) is 2. The summed E-state index contributed by atoms with van der Waals surface area (Å²) in [6.07, 6.45) is 0. The lowest BCUT2D eigenvalue weighted by Crippen LogP contribution is -2.54. The van der Waals surface area contributed by atoms with Gasteiger partial charge in [-0.05, 0) is 40.5 Å². The number of carboxylic acid groups (broad SMARTS) is 1. The minimum absolute atomic E-state index is 0.0315. The molecule has 1 aliphatic rings. The smallest absolute Gasteiger partial charge is 0.321 e. The molecule has 0 radical (unpaired) electrons. The fourth-order valence-corrected chi connectivity index (χ4v) is 2.63. The summed E-state index contributed by atoms with van der Waals surface area (Å²) in [5.41, 5.74) is 1.16. The third kappa shape index (κ3) is 3.34. The monoisotopic (exact) mass is 358 g/mol. The highest BCUT2D eigenvalue weighted by molar-refractivity contribution is 9.10. The van der Waals surface area contributed by atoms with Gasteiger partial charge in [0.25, 0.3) is 0 Å². The molecule has 7 heteroatoms. The quantitative estimate of drug-likeness (QED) is 0.872. The number of aryl methyl sites for hydroxylation is 1. The number of benzene rings is 1. The van der Waals surface area contributed by atoms with Gasteiger partial charge in [0.1, 0.15) is 5.82 Å². The van der Waals surface area contributed by atoms with Crippen molar-refractivity contribution in [3.8, 4) is 0 Å². The summed E-state index contributed by atoms with van der Waals surface area (Å²) in [5, 5.41) is 11.6. The maximum atomic E-state index is 13.5. The Labute approximate surface area is 130 Å². The molecule has 1 saturated heterocycles. The average Bonchev–Trinajstić information content (AvgIpc) is 2.33. The minimum atomic E-state index is -0.856. The van der Waals surface area contributed by atoms with Gasteiger partial charge in [0.15, 0.2) is 0 Å². The maximum Gasteiger partial charge on any atom is 0.321 e. The molecule has 1 aliphatic heterocycles. The summed E-state index contributed by atoms with van der Waals surface area (Å²) in [7, 11) is 0. The van der Waals surface area contributed by atoms with Crippen LogP contribution in [0.15, 0.2) is 16.6 Å². The van der Waals surface area contributed by atoms with Crippen molar-refractivity contribution in [2.45, 2.75) is 13.8 Å². The van der Waals surface area contributed by atoms with Crippen LogP contribution in [0.3, 0.4) is 0 Å². The van der Waals surface area contributed by atoms with Crippen molar-refractivity contribution in [3.63, 3.8) is 0 Å². The predicted molar refractivity (Wildman–Crippen MR) is 79.7 cm³/mol. The number of amides is 2. The van der Waals surface area contributed by atoms with E-state index in [1.807, 2.05) is 0 Å². The van der Waals surface area contributed by atoms with Gasteiger partial charge in [-0.3, -0.25) is 4.79 Å². The second-order valence-corrected chi connectivity index (χ2v) is 6.16. The van der Waals surface area contributed by atoms with Crippen LogP contribution in [0.4, 0.5) is 14.9 Å². The Balaban J connectivity index is 1.95. The van der Waals surface area contributed by atoms with Gasteiger partial charge in [-0.1, -0.05) is 6.92 Å². The van der Waals surface area contributed by atoms with Gasteiger partial charge >= 0.3 is 12.0 Å². The first kappa shape index (κ1) is 15.8. The SMILES string of the molecule is Cc1cc(Br)c(F)cc1NC(=O)N1CC(C(C)C(=O)O)C1. The van der Waals surface area contributed by atoms with Crippen LogP contribution in [-0.2, 0) is 4.79 Å². The number of halogens is 2. The lowest BCUT2D eigenvalue weighted by molar-refractivity contribution is -0.144. The second-order valence-electron chi connectivity index (χ2n) is 5.30. The number of carbonyl (C=O) groups is 2. The lowest BCUT2D eigenvalue weighted by atomic mass is 9.87. The molecular formula is C14H16BrFN2O3. The number of carboxylic acids is 1. The maximum absolute atomic E-state index is 13.5. The summed E-state index contributed by atoms with van der Waals surface area (Å²) in [6, 6.07) is 2.51. The van der Waals surface area contributed by atoms with Gasteiger partial charge in [-0.25, -0.2) is 9.18 Å². The topological polar surface area (TPSA) is 69.6 Å². The van der Waals surface area contributed by atoms with Crippen molar-refractivity contribution in [2.75, 3.05) is 18.4 Å². The summed E-state index contributed by atoms with van der Waals surface area (Å²) in [5.74, 6) is -1.81. The van der Waals surface area contributed by atoms with Crippen LogP contribution in [-0.4, -0.2) is 35.1 Å². The van der Waals surface area contributed by atoms with E-state index < -0.39 is 17.7 Å². The van der Waals surface area contributed by atoms with Crippen molar-refractivity contribution in [1.82, 2.24) is 4.90 Å². The standard InChI is InChI=1S/C14H16BrFN2O3/c1-7-3-10(15)11(16)4-12(7)17-14(21)18-5-9(6-18)8(2)13(19)20/h3-4,8-9H,5-6H2,1-2H3,(H,17,21)(H,19,20). The average molecular weight is 359 g/mol. The van der Waals surface area contributed by atoms with Gasteiger partial charge in [0.2, 0.25) is 0 Å². The summed E-state index contributed by atoms with van der Waals surface area (Å²) < 4.78 is 13.8. The van der Waals surface area contributed by atoms with Crippen molar-refractivity contribution < 1.29 is 19.1 Å². The lowest BCUT2D eigenvalue weighted by Gasteiger charge is -2.41. The van der Waals surface area contributed by atoms with E-state index in [4.69, 9.17) is 5.11 Å². The van der Waals surface area contributed by atoms with Gasteiger partial charge in [-0.15, -0.1) is 0 Å². The van der Waals surface area contributed by atoms with Gasteiger partial charge in [0.05, 0.1) is 10.4 Å². The number of rotatable bonds is 3. The fraction of sp³-hybridized carbons (Fsp3) is 0.429. The molecule has 2 rings (SSSR count). The summed E-state index contributed by atoms with van der Waals surface area (Å²) in [4.78, 5) is 24.4. The highest BCUT2D eigenvalue weighted by Crippen LogP contribution is 2.27. The number of nitrogens with one attached hydrogen (secondary N) is 1. The van der Waals surface area contributed by atoms with Gasteiger partial charge < -0.3 is 15.3 Å². The van der Waals surface area contributed by atoms with Crippen molar-refractivity contribution in [2.24, 2.45) is 11.8 Å². The molecule has 114 valence electrons. The van der Waals surface area contributed by atoms with E-state index in [-0.39, 0.29) is 11.9 Å². The van der Waals surface area contributed by atoms with E-state index >= 15 is 0 Å². The Morgan fingerprint density at radius 2 is 2.10 bits per heavy atom. The highest BCUT2D eigenvalue weighted by Gasteiger charge is 2.37. The Morgan fingerprint density at radius 3 is 2.67 bits per heavy atom. The number of hydrogen-bond acceptors (Lipinski definition) is 2. The van der Waals surface area contributed by atoms with Gasteiger partial charge in [-0.2, -0.15) is 0 Å². The molecule has 0 spiro atoms. The number of nitrogens with zero attached hydrogens (tertiary/aromatic N) is 1. The number of anilines is 1. The zero-order valence-electron chi connectivity index (χ0n) is 11.7. The first-order valence-electron chi connectivity index (χ1n) is 6.54. The second kappa shape index (κ2) is 6.01. The Morgan fingerprint density at radius 1 is 1.48 bits per heavy atom. The number of aliphatic carboxylic acids is 1. The van der Waals surface area contributed by atoms with Crippen LogP contribution in [0.2, 0.25) is 0 Å². The molecule has 1 aromatic rings. The third-order valence-electron chi connectivity index (χ3n) is 3.80. The molecule has 2 N–H and O–H groups in total. The zero-order chi connectivity index (χ0) is 15.7. The molecule has 1 unspecified atom stereocenters. The number of urea groups is 1. The van der Waals surface area contributed by atoms with Crippen LogP contribution in [0, 0.1) is 24.6 Å². The van der Waals surface area contributed by atoms with E-state index in [9.17, 15) is 14.0 Å². The third-order valence-corrected chi connectivity index (χ3v) is 4.41. The zero-order valence-corrected chi connectivity index (χ0v) is 13.3. The van der Waals surface area contributed by atoms with Crippen LogP contribution in [0.5, 0.6) is 0 Å². The summed E-state index contributed by atoms with van der Waals surface area (Å²) in [6.45, 7) is 4.20. The number of carbonyl (C=O) groups excluding carboxylic acids is 1. The van der Waals surface area contributed by atoms with E-state index in [0.29, 0.717) is 23.2 Å². The Hall–Kier alpha value is -1.63. The van der Waals surface area contributed by atoms with E-state index in [1.165, 1.54) is 11.0 Å². The molecule has 0 saturated carbocycles. The van der Waals surface area contributed by atoms with Crippen LogP contribution in [0.1, 0.15) is 12.5 Å². The number of likely N-dealkylation sites (tertiary alicyclic amines) is 1. The van der Waals surface area contributed by atoms with E-state index in [1.54, 1.807) is 19.9 Å². The molecule has 1 atom stereocenters. The molecule has 5 nitrogen and oxygen atoms in total. The highest BCUT2D eigenvalue weighted by atomic mass is 79.9. The van der Waals surface area contributed by atoms with Crippen LogP contribution >= 0.6 is 15.9 Å². The molecular weight excluding hydrogens is 343 g/mol. The normalized spacial score (nSPS) is 16.3. The fourth-order valence-electron chi connectivity index (χ4n) is 2.17. The molecule has 21 heavy (non-hydrogen) atoms. The van der Waals surface area contributed by atoms with Crippen LogP contribution in [0.25, 0.3) is 0 Å². The molecule has 1 fully saturated rings. The molecule has 0 bridgehead atoms. The predicted octanol–water partition coefficient (Wildman–Crippen LogP) is 3.08. The molecule has 1 heterocycles. The van der Waals surface area contributed by atoms with Crippen molar-refractivity contribution in [3.05, 3.63) is 28.0 Å². The molecule has 1 aromatic carbocycles. The minimum Gasteiger partial charge on any atom is -0.481 e. The Bertz CT molecular complexity index is 588. The van der Waals surface area contributed by atoms with Gasteiger partial charge in [0, 0.05) is 24.7 Å². The largest absolute Gasteiger partial charge is 0.481 e.